The number of nitrogens with zero attached hydrogens (tertiary/aromatic N) is 2. The van der Waals surface area contributed by atoms with Crippen LogP contribution in [0.5, 0.6) is 0 Å². The van der Waals surface area contributed by atoms with Gasteiger partial charge < -0.3 is 14.8 Å². The number of benzene rings is 2. The lowest BCUT2D eigenvalue weighted by atomic mass is 10.1. The summed E-state index contributed by atoms with van der Waals surface area (Å²) < 4.78 is 13.3. The van der Waals surface area contributed by atoms with Crippen molar-refractivity contribution in [3.05, 3.63) is 82.0 Å². The van der Waals surface area contributed by atoms with Crippen LogP contribution in [0.3, 0.4) is 0 Å². The van der Waals surface area contributed by atoms with Crippen molar-refractivity contribution >= 4 is 22.6 Å². The second kappa shape index (κ2) is 7.26. The van der Waals surface area contributed by atoms with Crippen molar-refractivity contribution in [3.63, 3.8) is 0 Å². The maximum Gasteiger partial charge on any atom is 0.270 e. The fourth-order valence-corrected chi connectivity index (χ4v) is 3.41. The Morgan fingerprint density at radius 1 is 0.857 bits per heavy atom. The molecule has 0 spiro atoms. The van der Waals surface area contributed by atoms with Gasteiger partial charge in [0.2, 0.25) is 0 Å². The summed E-state index contributed by atoms with van der Waals surface area (Å²) >= 11 is 0. The minimum Gasteiger partial charge on any atom is -0.335 e. The molecule has 0 aliphatic carbocycles. The molecule has 2 heterocycles. The van der Waals surface area contributed by atoms with Crippen molar-refractivity contribution in [2.75, 3.05) is 26.2 Å². The third kappa shape index (κ3) is 3.38. The zero-order valence-corrected chi connectivity index (χ0v) is 15.0. The second-order valence-corrected chi connectivity index (χ2v) is 6.69. The first kappa shape index (κ1) is 17.9. The number of aromatic nitrogens is 1. The molecule has 0 bridgehead atoms. The number of H-pyrrole nitrogens is 1. The molecule has 28 heavy (non-hydrogen) atoms. The average Bonchev–Trinajstić information content (AvgIpc) is 2.73. The highest BCUT2D eigenvalue weighted by molar-refractivity contribution is 5.97. The molecule has 0 radical (unpaired) electrons. The maximum atomic E-state index is 13.3. The molecule has 1 saturated heterocycles. The van der Waals surface area contributed by atoms with Crippen LogP contribution in [0.15, 0.2) is 59.4 Å². The van der Waals surface area contributed by atoms with E-state index >= 15 is 0 Å². The fourth-order valence-electron chi connectivity index (χ4n) is 3.41. The van der Waals surface area contributed by atoms with Crippen LogP contribution in [0.25, 0.3) is 10.8 Å². The van der Waals surface area contributed by atoms with E-state index < -0.39 is 5.82 Å². The van der Waals surface area contributed by atoms with Gasteiger partial charge in [0.05, 0.1) is 0 Å². The summed E-state index contributed by atoms with van der Waals surface area (Å²) in [5.41, 5.74) is 0.216. The van der Waals surface area contributed by atoms with Crippen LogP contribution in [0.4, 0.5) is 4.39 Å². The van der Waals surface area contributed by atoms with Gasteiger partial charge in [-0.1, -0.05) is 24.3 Å². The Morgan fingerprint density at radius 3 is 2.25 bits per heavy atom. The zero-order valence-electron chi connectivity index (χ0n) is 15.0. The number of amides is 2. The molecule has 1 aromatic heterocycles. The summed E-state index contributed by atoms with van der Waals surface area (Å²) in [4.78, 5) is 43.3. The molecule has 1 fully saturated rings. The number of hydrogen-bond acceptors (Lipinski definition) is 3. The number of carbonyl (C=O) groups is 2. The number of halogens is 1. The number of rotatable bonds is 2. The van der Waals surface area contributed by atoms with Crippen LogP contribution in [0.2, 0.25) is 0 Å². The molecule has 2 aromatic carbocycles. The Kier molecular flexibility index (Phi) is 4.65. The van der Waals surface area contributed by atoms with Crippen LogP contribution in [-0.2, 0) is 0 Å². The van der Waals surface area contributed by atoms with Crippen LogP contribution in [0, 0.1) is 5.82 Å². The van der Waals surface area contributed by atoms with Gasteiger partial charge in [-0.05, 0) is 35.7 Å². The number of fused-ring (bicyclic) bond motifs is 1. The lowest BCUT2D eigenvalue weighted by Crippen LogP contribution is -2.50. The highest BCUT2D eigenvalue weighted by atomic mass is 19.1. The summed E-state index contributed by atoms with van der Waals surface area (Å²) in [5, 5.41) is 1.24. The minimum atomic E-state index is -0.458. The first-order valence-electron chi connectivity index (χ1n) is 8.99. The molecule has 1 aliphatic heterocycles. The average molecular weight is 379 g/mol. The number of hydrogen-bond donors (Lipinski definition) is 1. The third-order valence-electron chi connectivity index (χ3n) is 4.91. The van der Waals surface area contributed by atoms with Gasteiger partial charge in [0.15, 0.2) is 0 Å². The van der Waals surface area contributed by atoms with Crippen molar-refractivity contribution in [1.82, 2.24) is 14.8 Å². The van der Waals surface area contributed by atoms with Crippen molar-refractivity contribution in [2.24, 2.45) is 0 Å². The van der Waals surface area contributed by atoms with E-state index in [1.54, 1.807) is 40.1 Å². The van der Waals surface area contributed by atoms with Crippen LogP contribution >= 0.6 is 0 Å². The largest absolute Gasteiger partial charge is 0.335 e. The topological polar surface area (TPSA) is 73.5 Å². The molecule has 3 aromatic rings. The standard InChI is InChI=1S/C21H18FN3O3/c22-16-6-3-5-15(12-16)20(27)24-8-10-25(11-9-24)21(28)18-13-14-4-1-2-7-17(14)19(26)23-18/h1-7,12-13H,8-11H2,(H,23,26). The molecule has 0 saturated carbocycles. The van der Waals surface area contributed by atoms with E-state index in [0.717, 1.165) is 0 Å². The first-order chi connectivity index (χ1) is 13.5. The van der Waals surface area contributed by atoms with Gasteiger partial charge in [0.1, 0.15) is 11.5 Å². The van der Waals surface area contributed by atoms with Crippen LogP contribution in [0.1, 0.15) is 20.8 Å². The lowest BCUT2D eigenvalue weighted by Gasteiger charge is -2.34. The smallest absolute Gasteiger partial charge is 0.270 e. The highest BCUT2D eigenvalue weighted by Gasteiger charge is 2.26. The predicted molar refractivity (Wildman–Crippen MR) is 103 cm³/mol. The molecular formula is C21H18FN3O3. The molecule has 0 unspecified atom stereocenters. The van der Waals surface area contributed by atoms with Gasteiger partial charge >= 0.3 is 0 Å². The van der Waals surface area contributed by atoms with Gasteiger partial charge in [-0.2, -0.15) is 0 Å². The normalized spacial score (nSPS) is 14.3. The SMILES string of the molecule is O=C(c1cccc(F)c1)N1CCN(C(=O)c2cc3ccccc3c(=O)[nH]2)CC1. The number of carbonyl (C=O) groups excluding carboxylic acids is 2. The van der Waals surface area contributed by atoms with E-state index in [-0.39, 0.29) is 23.1 Å². The first-order valence-corrected chi connectivity index (χ1v) is 8.99. The van der Waals surface area contributed by atoms with E-state index in [1.165, 1.54) is 18.2 Å². The van der Waals surface area contributed by atoms with E-state index in [2.05, 4.69) is 4.98 Å². The zero-order chi connectivity index (χ0) is 19.7. The summed E-state index contributed by atoms with van der Waals surface area (Å²) in [6.45, 7) is 1.38. The van der Waals surface area contributed by atoms with E-state index in [4.69, 9.17) is 0 Å². The van der Waals surface area contributed by atoms with Gasteiger partial charge in [-0.3, -0.25) is 14.4 Å². The Balaban J connectivity index is 1.47. The molecule has 7 heteroatoms. The summed E-state index contributed by atoms with van der Waals surface area (Å²) in [7, 11) is 0. The van der Waals surface area contributed by atoms with Crippen molar-refractivity contribution in [3.8, 4) is 0 Å². The molecular weight excluding hydrogens is 361 g/mol. The molecule has 1 aliphatic rings. The summed E-state index contributed by atoms with van der Waals surface area (Å²) in [5.74, 6) is -0.994. The molecule has 2 amide bonds. The number of piperazine rings is 1. The summed E-state index contributed by atoms with van der Waals surface area (Å²) in [6.07, 6.45) is 0. The number of aromatic amines is 1. The lowest BCUT2D eigenvalue weighted by molar-refractivity contribution is 0.0532. The molecule has 6 nitrogen and oxygen atoms in total. The van der Waals surface area contributed by atoms with E-state index in [9.17, 15) is 18.8 Å². The van der Waals surface area contributed by atoms with Crippen molar-refractivity contribution < 1.29 is 14.0 Å². The summed E-state index contributed by atoms with van der Waals surface area (Å²) in [6, 6.07) is 14.3. The Morgan fingerprint density at radius 2 is 1.54 bits per heavy atom. The molecule has 4 rings (SSSR count). The van der Waals surface area contributed by atoms with Crippen molar-refractivity contribution in [2.45, 2.75) is 0 Å². The molecule has 0 atom stereocenters. The Labute approximate surface area is 160 Å². The fraction of sp³-hybridized carbons (Fsp3) is 0.190. The van der Waals surface area contributed by atoms with Gasteiger partial charge in [-0.25, -0.2) is 4.39 Å². The highest BCUT2D eigenvalue weighted by Crippen LogP contribution is 2.14. The Bertz CT molecular complexity index is 1120. The quantitative estimate of drug-likeness (QED) is 0.742. The third-order valence-corrected chi connectivity index (χ3v) is 4.91. The monoisotopic (exact) mass is 379 g/mol. The number of pyridine rings is 1. The van der Waals surface area contributed by atoms with Crippen molar-refractivity contribution in [1.29, 1.82) is 0 Å². The van der Waals surface area contributed by atoms with E-state index in [0.29, 0.717) is 42.5 Å². The Hall–Kier alpha value is -3.48. The van der Waals surface area contributed by atoms with Gasteiger partial charge in [-0.15, -0.1) is 0 Å². The predicted octanol–water partition coefficient (Wildman–Crippen LogP) is 2.27. The molecule has 1 N–H and O–H groups in total. The van der Waals surface area contributed by atoms with Crippen LogP contribution < -0.4 is 5.56 Å². The van der Waals surface area contributed by atoms with Gasteiger partial charge in [0.25, 0.3) is 17.4 Å². The molecule has 142 valence electrons. The minimum absolute atomic E-state index is 0.230. The van der Waals surface area contributed by atoms with Gasteiger partial charge in [0, 0.05) is 37.1 Å². The van der Waals surface area contributed by atoms with Crippen LogP contribution in [-0.4, -0.2) is 52.8 Å². The van der Waals surface area contributed by atoms with E-state index in [1.807, 2.05) is 6.07 Å². The number of nitrogens with one attached hydrogen (secondary N) is 1. The maximum absolute atomic E-state index is 13.3. The second-order valence-electron chi connectivity index (χ2n) is 6.69.